The highest BCUT2D eigenvalue weighted by Crippen LogP contribution is 2.37. The number of thiazole rings is 4. The van der Waals surface area contributed by atoms with E-state index in [1.54, 1.807) is 69.6 Å². The minimum absolute atomic E-state index is 0.0109. The molecule has 0 saturated heterocycles. The van der Waals surface area contributed by atoms with Crippen LogP contribution in [0.5, 0.6) is 0 Å². The SMILES string of the molecule is CC.CN.COC(=O)N[C@@H](Cc1ccccc1)C(=O)N[C@@H](Cc1ccc(N)cc1)c1csc(-c2cccs2)n1.COC(=O)N[C@@H](Cc1ccccc1)C(=O)N[C@@H](Cc1ccc(N)cc1)c1csc(-c2cccs2)n1.COC(=O)N[C@@H](Cc1ccccc1)C(=O)N[C@@H](Cc1ccc(NS(=O)(=O)[O-])cc1)c1csc(-c2cccs2)n1.COC(=O)N[C@@H](Cc1ccccc1)C(=O)N[C@@H](Cc1ccc([N+](=O)[O-])cc1)c1csc(-c2cccs2)n1. The summed E-state index contributed by atoms with van der Waals surface area (Å²) in [6, 6.07) is 75.8. The summed E-state index contributed by atoms with van der Waals surface area (Å²) in [4.78, 5) is 136. The van der Waals surface area contributed by atoms with Gasteiger partial charge in [0, 0.05) is 76.4 Å². The monoisotopic (exact) mass is 2190 g/mol. The third kappa shape index (κ3) is 36.9. The van der Waals surface area contributed by atoms with Gasteiger partial charge in [-0.1, -0.05) is 208 Å². The number of amides is 8. The van der Waals surface area contributed by atoms with Gasteiger partial charge in [0.15, 0.2) is 10.3 Å². The number of hydrogen-bond acceptors (Lipinski definition) is 32. The molecule has 8 heterocycles. The second-order valence-electron chi connectivity index (χ2n) is 32.5. The van der Waals surface area contributed by atoms with E-state index < -0.39 is 99.7 Å². The molecular formula is C107H112N17O17S9-. The number of alkyl carbamates (subject to hydrolysis) is 4. The van der Waals surface area contributed by atoms with Crippen molar-refractivity contribution in [3.05, 3.63) is 387 Å². The number of rotatable bonds is 39. The summed E-state index contributed by atoms with van der Waals surface area (Å²) in [7, 11) is 1.88. The number of nitro benzene ring substituents is 1. The van der Waals surface area contributed by atoms with Gasteiger partial charge >= 0.3 is 24.4 Å². The Bertz CT molecular complexity index is 6790. The van der Waals surface area contributed by atoms with Gasteiger partial charge in [-0.05, 0) is 159 Å². The van der Waals surface area contributed by atoms with E-state index >= 15 is 0 Å². The number of nitro groups is 1. The number of non-ortho nitro benzene ring substituents is 1. The van der Waals surface area contributed by atoms with Crippen LogP contribution in [0.25, 0.3) is 39.5 Å². The maximum absolute atomic E-state index is 13.5. The van der Waals surface area contributed by atoms with Gasteiger partial charge in [0.1, 0.15) is 44.2 Å². The predicted octanol–water partition coefficient (Wildman–Crippen LogP) is 19.5. The third-order valence-corrected chi connectivity index (χ3v) is 30.2. The quantitative estimate of drug-likeness (QED) is 0.00560. The number of nitrogen functional groups attached to an aromatic ring is 2. The molecule has 0 fully saturated rings. The second kappa shape index (κ2) is 59.6. The van der Waals surface area contributed by atoms with Gasteiger partial charge in [0.25, 0.3) is 5.69 Å². The van der Waals surface area contributed by atoms with Gasteiger partial charge in [0.2, 0.25) is 23.6 Å². The van der Waals surface area contributed by atoms with E-state index in [1.807, 2.05) is 280 Å². The van der Waals surface area contributed by atoms with Crippen LogP contribution >= 0.6 is 90.7 Å². The number of nitrogens with one attached hydrogen (secondary N) is 9. The Morgan fingerprint density at radius 2 is 0.533 bits per heavy atom. The highest BCUT2D eigenvalue weighted by molar-refractivity contribution is 7.87. The van der Waals surface area contributed by atoms with E-state index in [0.29, 0.717) is 61.3 Å². The normalized spacial score (nSPS) is 12.3. The molecule has 43 heteroatoms. The van der Waals surface area contributed by atoms with Gasteiger partial charge in [-0.3, -0.25) is 34.0 Å². The Morgan fingerprint density at radius 1 is 0.313 bits per heavy atom. The summed E-state index contributed by atoms with van der Waals surface area (Å²) >= 11 is 12.4. The van der Waals surface area contributed by atoms with Crippen LogP contribution in [0, 0.1) is 10.1 Å². The molecule has 0 aliphatic rings. The highest BCUT2D eigenvalue weighted by atomic mass is 32.2. The first kappa shape index (κ1) is 115. The zero-order valence-corrected chi connectivity index (χ0v) is 89.7. The average molecular weight is 2200 g/mol. The summed E-state index contributed by atoms with van der Waals surface area (Å²) in [5.74, 6) is -1.45. The van der Waals surface area contributed by atoms with Gasteiger partial charge in [-0.25, -0.2) is 47.5 Å². The first-order chi connectivity index (χ1) is 72.6. The number of carbonyl (C=O) groups excluding carboxylic acids is 8. The first-order valence-electron chi connectivity index (χ1n) is 46.7. The van der Waals surface area contributed by atoms with Crippen molar-refractivity contribution in [2.24, 2.45) is 5.73 Å². The average Bonchev–Trinajstić information content (AvgIpc) is 1.69. The molecule has 0 saturated carbocycles. The lowest BCUT2D eigenvalue weighted by Crippen LogP contribution is -2.49. The molecule has 16 aromatic rings. The predicted molar refractivity (Wildman–Crippen MR) is 594 cm³/mol. The number of carbonyl (C=O) groups is 8. The Morgan fingerprint density at radius 3 is 0.740 bits per heavy atom. The number of nitrogens with zero attached hydrogens (tertiary/aromatic N) is 5. The molecule has 15 N–H and O–H groups in total. The number of ether oxygens (including phenoxy) is 4. The van der Waals surface area contributed by atoms with Crippen LogP contribution < -0.4 is 64.5 Å². The molecule has 0 bridgehead atoms. The van der Waals surface area contributed by atoms with Crippen LogP contribution in [0.1, 0.15) is 105 Å². The van der Waals surface area contributed by atoms with Crippen molar-refractivity contribution >= 4 is 172 Å². The van der Waals surface area contributed by atoms with Crippen molar-refractivity contribution in [3.63, 3.8) is 0 Å². The number of aromatic nitrogens is 4. The first-order valence-corrected chi connectivity index (χ1v) is 55.2. The van der Waals surface area contributed by atoms with Gasteiger partial charge in [0.05, 0.1) is 99.8 Å². The Balaban J connectivity index is 0.000000188. The third-order valence-electron chi connectivity index (χ3n) is 22.1. The molecule has 0 radical (unpaired) electrons. The molecule has 0 aliphatic carbocycles. The van der Waals surface area contributed by atoms with Gasteiger partial charge in [-0.2, -0.15) is 0 Å². The number of hydrogen-bond donors (Lipinski definition) is 12. The lowest BCUT2D eigenvalue weighted by molar-refractivity contribution is -0.384. The Labute approximate surface area is 900 Å². The van der Waals surface area contributed by atoms with Crippen LogP contribution in [-0.2, 0) is 99.8 Å². The summed E-state index contributed by atoms with van der Waals surface area (Å²) in [5.41, 5.74) is 27.7. The van der Waals surface area contributed by atoms with Crippen molar-refractivity contribution in [2.75, 3.05) is 51.7 Å². The molecule has 8 aromatic heterocycles. The highest BCUT2D eigenvalue weighted by Gasteiger charge is 2.33. The van der Waals surface area contributed by atoms with Crippen LogP contribution in [0.15, 0.2) is 310 Å². The van der Waals surface area contributed by atoms with Crippen LogP contribution in [0.4, 0.5) is 41.9 Å². The number of thiophene rings is 4. The molecule has 782 valence electrons. The topological polar surface area (TPSA) is 512 Å². The van der Waals surface area contributed by atoms with E-state index in [0.717, 1.165) is 95.4 Å². The number of methoxy groups -OCH3 is 4. The lowest BCUT2D eigenvalue weighted by Gasteiger charge is -2.23. The summed E-state index contributed by atoms with van der Waals surface area (Å²) in [5, 5.41) is 53.0. The zero-order valence-electron chi connectivity index (χ0n) is 82.4. The lowest BCUT2D eigenvalue weighted by atomic mass is 10.0. The molecule has 0 aliphatic heterocycles. The fraction of sp³-hybridized carbons (Fsp3) is 0.215. The largest absolute Gasteiger partial charge is 0.731 e. The van der Waals surface area contributed by atoms with Crippen molar-refractivity contribution in [2.45, 2.75) is 114 Å². The summed E-state index contributed by atoms with van der Waals surface area (Å²) in [6.07, 6.45) is 0.125. The molecule has 150 heavy (non-hydrogen) atoms. The number of anilines is 3. The fourth-order valence-corrected chi connectivity index (χ4v) is 21.9. The standard InChI is InChI=1S/C26H26N4O6S3.C26H24N4O5S2.2C26H26N4O3S2.C2H6.CH5N/c1-36-26(32)29-21(15-17-6-3-2-4-7-17)24(31)27-20(22-16-38-25(28-22)23-8-5-13-37-23)14-18-9-11-19(12-10-18)30-39(33,34)35;1-35-26(32)29-21(15-17-6-3-2-4-7-17)24(31)27-20(14-18-9-11-19(12-10-18)30(33)34)22-16-37-25(28-22)23-8-5-13-36-23;2*1-33-26(32)30-21(15-17-6-3-2-4-7-17)24(31)28-20(14-18-9-11-19(27)12-10-18)22-16-35-25(29-22)23-8-5-13-34-23;2*1-2/h2-13,16,20-21,30H,14-15H2,1H3,(H,27,31)(H,29,32)(H,33,34,35);2-13,16,20-21H,14-15H2,1H3,(H,27,31)(H,29,32);2*2-13,16,20-21H,14-15,27H2,1H3,(H,28,31)(H,30,32);1-2H3;2H2,1H3/p-1/t4*20-,21-;;/m0000../s1. The maximum atomic E-state index is 13.5. The number of nitrogens with two attached hydrogens (primary N) is 3. The van der Waals surface area contributed by atoms with Crippen LogP contribution in [0.3, 0.4) is 0 Å². The molecule has 8 amide bonds. The van der Waals surface area contributed by atoms with Crippen molar-refractivity contribution in [1.82, 2.24) is 62.5 Å². The summed E-state index contributed by atoms with van der Waals surface area (Å²) in [6.45, 7) is 4.00. The molecule has 0 spiro atoms. The summed E-state index contributed by atoms with van der Waals surface area (Å²) < 4.78 is 53.9. The maximum Gasteiger partial charge on any atom is 0.407 e. The van der Waals surface area contributed by atoms with E-state index in [4.69, 9.17) is 50.4 Å². The molecule has 8 aromatic carbocycles. The van der Waals surface area contributed by atoms with E-state index in [-0.39, 0.29) is 36.0 Å². The van der Waals surface area contributed by atoms with Gasteiger partial charge < -0.3 is 83.2 Å². The van der Waals surface area contributed by atoms with Crippen LogP contribution in [0.2, 0.25) is 0 Å². The van der Waals surface area contributed by atoms with E-state index in [2.05, 4.69) is 48.3 Å². The zero-order chi connectivity index (χ0) is 107. The van der Waals surface area contributed by atoms with E-state index in [1.165, 1.54) is 105 Å². The van der Waals surface area contributed by atoms with Crippen molar-refractivity contribution in [1.29, 1.82) is 0 Å². The van der Waals surface area contributed by atoms with Crippen molar-refractivity contribution in [3.8, 4) is 39.5 Å². The van der Waals surface area contributed by atoms with Crippen LogP contribution in [-0.4, -0.2) is 145 Å². The van der Waals surface area contributed by atoms with E-state index in [9.17, 15) is 61.4 Å². The Kier molecular flexibility index (Phi) is 45.7. The van der Waals surface area contributed by atoms with Crippen molar-refractivity contribution < 1.29 is 75.2 Å². The molecule has 34 nitrogen and oxygen atoms in total. The molecular weight excluding hydrogens is 2080 g/mol. The fourth-order valence-electron chi connectivity index (χ4n) is 14.7. The smallest absolute Gasteiger partial charge is 0.407 e. The molecule has 8 atom stereocenters. The Hall–Kier alpha value is -15.3. The second-order valence-corrected chi connectivity index (χ2v) is 40.8. The minimum atomic E-state index is -4.65. The minimum Gasteiger partial charge on any atom is -0.731 e. The number of benzene rings is 8. The molecule has 16 rings (SSSR count). The molecule has 0 unspecified atom stereocenters. The van der Waals surface area contributed by atoms with Gasteiger partial charge in [-0.15, -0.1) is 90.7 Å².